The van der Waals surface area contributed by atoms with Crippen LogP contribution in [0.5, 0.6) is 11.5 Å². The van der Waals surface area contributed by atoms with Gasteiger partial charge in [-0.05, 0) is 61.0 Å². The molecule has 0 aliphatic rings. The number of benzene rings is 2. The number of carboxylic acid groups (broad SMARTS) is 1. The van der Waals surface area contributed by atoms with Crippen LogP contribution >= 0.6 is 11.8 Å². The Kier molecular flexibility index (Phi) is 18.0. The highest BCUT2D eigenvalue weighted by molar-refractivity contribution is 7.98. The third-order valence-corrected chi connectivity index (χ3v) is 8.09. The maximum Gasteiger partial charge on any atom is 0.326 e. The van der Waals surface area contributed by atoms with Crippen molar-refractivity contribution in [3.05, 3.63) is 59.7 Å². The number of thioether (sulfide) groups is 1. The molecule has 50 heavy (non-hydrogen) atoms. The molecule has 17 heteroatoms. The second-order valence-electron chi connectivity index (χ2n) is 11.3. The normalized spacial score (nSPS) is 13.0. The van der Waals surface area contributed by atoms with E-state index in [0.717, 1.165) is 5.56 Å². The fourth-order valence-electron chi connectivity index (χ4n) is 4.79. The van der Waals surface area contributed by atoms with Crippen molar-refractivity contribution in [1.29, 1.82) is 5.41 Å². The van der Waals surface area contributed by atoms with E-state index in [4.69, 9.17) is 26.4 Å². The van der Waals surface area contributed by atoms with Crippen molar-refractivity contribution in [1.82, 2.24) is 26.6 Å². The SMILES string of the molecule is COc1ccc(C[C@H](N)C(=O)N[C@H](CCCNC(=N)N)C(=O)NCC(=O)N[C@@H](Cc2ccccc2)C(=O)N[C@@H](CCSC)C(=O)O)cc1OC. The molecule has 0 spiro atoms. The Labute approximate surface area is 295 Å². The Balaban J connectivity index is 2.11. The van der Waals surface area contributed by atoms with Gasteiger partial charge in [0.15, 0.2) is 17.5 Å². The number of carbonyl (C=O) groups excluding carboxylic acids is 4. The quantitative estimate of drug-likeness (QED) is 0.0424. The Morgan fingerprint density at radius 1 is 0.820 bits per heavy atom. The first-order chi connectivity index (χ1) is 23.9. The van der Waals surface area contributed by atoms with Crippen molar-refractivity contribution in [2.75, 3.05) is 39.3 Å². The average Bonchev–Trinajstić information content (AvgIpc) is 3.09. The van der Waals surface area contributed by atoms with Crippen molar-refractivity contribution in [3.63, 3.8) is 0 Å². The highest BCUT2D eigenvalue weighted by atomic mass is 32.2. The van der Waals surface area contributed by atoms with Gasteiger partial charge in [0.25, 0.3) is 0 Å². The van der Waals surface area contributed by atoms with Gasteiger partial charge < -0.3 is 52.6 Å². The summed E-state index contributed by atoms with van der Waals surface area (Å²) in [6.07, 6.45) is 2.66. The molecule has 0 aliphatic carbocycles. The fourth-order valence-corrected chi connectivity index (χ4v) is 5.26. The lowest BCUT2D eigenvalue weighted by molar-refractivity contribution is -0.142. The third-order valence-electron chi connectivity index (χ3n) is 7.44. The summed E-state index contributed by atoms with van der Waals surface area (Å²) in [5.74, 6) is -2.66. The predicted molar refractivity (Wildman–Crippen MR) is 190 cm³/mol. The lowest BCUT2D eigenvalue weighted by Gasteiger charge is -2.23. The molecule has 11 N–H and O–H groups in total. The van der Waals surface area contributed by atoms with Crippen molar-refractivity contribution >= 4 is 47.3 Å². The van der Waals surface area contributed by atoms with E-state index in [1.54, 1.807) is 48.5 Å². The molecular formula is C33H48N8O8S. The summed E-state index contributed by atoms with van der Waals surface area (Å²) in [5.41, 5.74) is 12.9. The monoisotopic (exact) mass is 716 g/mol. The van der Waals surface area contributed by atoms with E-state index >= 15 is 0 Å². The molecule has 2 rings (SSSR count). The average molecular weight is 717 g/mol. The Morgan fingerprint density at radius 2 is 1.50 bits per heavy atom. The molecular weight excluding hydrogens is 668 g/mol. The Morgan fingerprint density at radius 3 is 2.12 bits per heavy atom. The first-order valence-corrected chi connectivity index (χ1v) is 17.3. The largest absolute Gasteiger partial charge is 0.493 e. The molecule has 0 saturated heterocycles. The topological polar surface area (TPSA) is 260 Å². The summed E-state index contributed by atoms with van der Waals surface area (Å²) >= 11 is 1.44. The van der Waals surface area contributed by atoms with E-state index in [2.05, 4.69) is 26.6 Å². The van der Waals surface area contributed by atoms with E-state index in [-0.39, 0.29) is 38.2 Å². The zero-order valence-electron chi connectivity index (χ0n) is 28.5. The van der Waals surface area contributed by atoms with Crippen LogP contribution in [0.2, 0.25) is 0 Å². The summed E-state index contributed by atoms with van der Waals surface area (Å²) in [7, 11) is 2.99. The highest BCUT2D eigenvalue weighted by Crippen LogP contribution is 2.28. The first kappa shape index (κ1) is 41.1. The summed E-state index contributed by atoms with van der Waals surface area (Å²) in [6, 6.07) is 9.56. The van der Waals surface area contributed by atoms with Crippen LogP contribution in [0.15, 0.2) is 48.5 Å². The van der Waals surface area contributed by atoms with Crippen LogP contribution in [-0.2, 0) is 36.8 Å². The molecule has 0 bridgehead atoms. The zero-order valence-corrected chi connectivity index (χ0v) is 29.3. The third kappa shape index (κ3) is 14.6. The second kappa shape index (κ2) is 21.8. The number of aliphatic carboxylic acids is 1. The van der Waals surface area contributed by atoms with Gasteiger partial charge in [-0.3, -0.25) is 24.6 Å². The van der Waals surface area contributed by atoms with Gasteiger partial charge in [0.1, 0.15) is 18.1 Å². The lowest BCUT2D eigenvalue weighted by Crippen LogP contribution is -2.55. The van der Waals surface area contributed by atoms with Crippen LogP contribution in [0, 0.1) is 5.41 Å². The minimum Gasteiger partial charge on any atom is -0.493 e. The smallest absolute Gasteiger partial charge is 0.326 e. The van der Waals surface area contributed by atoms with Crippen LogP contribution in [0.4, 0.5) is 0 Å². The number of hydrogen-bond donors (Lipinski definition) is 9. The molecule has 274 valence electrons. The maximum atomic E-state index is 13.3. The molecule has 4 amide bonds. The molecule has 2 aromatic carbocycles. The molecule has 16 nitrogen and oxygen atoms in total. The molecule has 0 aliphatic heterocycles. The first-order valence-electron chi connectivity index (χ1n) is 15.9. The van der Waals surface area contributed by atoms with Crippen molar-refractivity contribution in [2.45, 2.75) is 56.3 Å². The molecule has 0 aromatic heterocycles. The number of ether oxygens (including phenoxy) is 2. The number of hydrogen-bond acceptors (Lipinski definition) is 10. The highest BCUT2D eigenvalue weighted by Gasteiger charge is 2.28. The number of rotatable bonds is 22. The van der Waals surface area contributed by atoms with Crippen LogP contribution in [0.1, 0.15) is 30.4 Å². The number of guanidine groups is 1. The van der Waals surface area contributed by atoms with E-state index in [1.165, 1.54) is 26.0 Å². The number of nitrogens with one attached hydrogen (secondary N) is 6. The maximum absolute atomic E-state index is 13.3. The predicted octanol–water partition coefficient (Wildman–Crippen LogP) is -0.512. The number of amides is 4. The van der Waals surface area contributed by atoms with Crippen molar-refractivity contribution in [2.24, 2.45) is 11.5 Å². The van der Waals surface area contributed by atoms with E-state index in [1.807, 2.05) is 6.26 Å². The lowest BCUT2D eigenvalue weighted by atomic mass is 10.0. The van der Waals surface area contributed by atoms with Gasteiger partial charge in [0.05, 0.1) is 26.8 Å². The molecule has 0 saturated carbocycles. The van der Waals surface area contributed by atoms with Crippen LogP contribution in [-0.4, -0.2) is 104 Å². The number of carbonyl (C=O) groups is 5. The van der Waals surface area contributed by atoms with Gasteiger partial charge >= 0.3 is 5.97 Å². The summed E-state index contributed by atoms with van der Waals surface area (Å²) in [5, 5.41) is 29.8. The van der Waals surface area contributed by atoms with Crippen molar-refractivity contribution in [3.8, 4) is 11.5 Å². The van der Waals surface area contributed by atoms with E-state index < -0.39 is 60.3 Å². The fraction of sp³-hybridized carbons (Fsp3) is 0.455. The summed E-state index contributed by atoms with van der Waals surface area (Å²) in [6.45, 7) is -0.292. The zero-order chi connectivity index (χ0) is 37.1. The van der Waals surface area contributed by atoms with Gasteiger partial charge in [-0.25, -0.2) is 4.79 Å². The van der Waals surface area contributed by atoms with Gasteiger partial charge in [-0.2, -0.15) is 11.8 Å². The van der Waals surface area contributed by atoms with Gasteiger partial charge in [0.2, 0.25) is 23.6 Å². The Bertz CT molecular complexity index is 1450. The molecule has 4 atom stereocenters. The number of carboxylic acids is 1. The number of methoxy groups -OCH3 is 2. The van der Waals surface area contributed by atoms with E-state index in [9.17, 15) is 29.1 Å². The second-order valence-corrected chi connectivity index (χ2v) is 12.2. The van der Waals surface area contributed by atoms with Crippen LogP contribution < -0.4 is 47.5 Å². The molecule has 0 unspecified atom stereocenters. The van der Waals surface area contributed by atoms with Gasteiger partial charge in [0, 0.05) is 13.0 Å². The standard InChI is InChI=1S/C33H48N8O8S/c1-48-26-12-11-21(18-27(26)49-2)16-22(34)29(43)40-23(10-7-14-37-33(35)36)30(44)38-19-28(42)39-25(17-20-8-5-4-6-9-20)31(45)41-24(32(46)47)13-15-50-3/h4-6,8-9,11-12,18,22-25H,7,10,13-17,19,34H2,1-3H3,(H,38,44)(H,39,42)(H,40,43)(H,41,45)(H,46,47)(H4,35,36,37)/t22-,23+,24-,25-/m0/s1. The minimum absolute atomic E-state index is 0.0705. The Hall–Kier alpha value is -5.03. The minimum atomic E-state index is -1.19. The van der Waals surface area contributed by atoms with Gasteiger partial charge in [-0.15, -0.1) is 0 Å². The molecule has 0 radical (unpaired) electrons. The van der Waals surface area contributed by atoms with E-state index in [0.29, 0.717) is 29.2 Å². The number of nitrogens with two attached hydrogens (primary N) is 2. The molecule has 0 fully saturated rings. The molecule has 2 aromatic rings. The van der Waals surface area contributed by atoms with Crippen molar-refractivity contribution < 1.29 is 38.6 Å². The van der Waals surface area contributed by atoms with Gasteiger partial charge in [-0.1, -0.05) is 36.4 Å². The summed E-state index contributed by atoms with van der Waals surface area (Å²) < 4.78 is 10.6. The summed E-state index contributed by atoms with van der Waals surface area (Å²) in [4.78, 5) is 64.4. The molecule has 0 heterocycles. The van der Waals surface area contributed by atoms with Crippen LogP contribution in [0.25, 0.3) is 0 Å². The van der Waals surface area contributed by atoms with Crippen LogP contribution in [0.3, 0.4) is 0 Å².